The molecule has 0 aliphatic heterocycles. The number of alkyl carbamates (subject to hydrolysis) is 8. The zero-order valence-electron chi connectivity index (χ0n) is 76.3. The molecule has 0 bridgehead atoms. The summed E-state index contributed by atoms with van der Waals surface area (Å²) in [6, 6.07) is -0.381. The highest BCUT2D eigenvalue weighted by Gasteiger charge is 2.47. The van der Waals surface area contributed by atoms with Gasteiger partial charge in [-0.15, -0.1) is 0 Å². The third-order valence-electron chi connectivity index (χ3n) is 21.6. The van der Waals surface area contributed by atoms with Gasteiger partial charge in [-0.1, -0.05) is 132 Å². The van der Waals surface area contributed by atoms with Crippen molar-refractivity contribution in [3.05, 3.63) is 25.3 Å². The van der Waals surface area contributed by atoms with E-state index in [-0.39, 0.29) is 157 Å². The number of ether oxygens (including phenoxy) is 12. The van der Waals surface area contributed by atoms with E-state index >= 15 is 0 Å². The van der Waals surface area contributed by atoms with Gasteiger partial charge in [0.05, 0.1) is 27.4 Å². The summed E-state index contributed by atoms with van der Waals surface area (Å²) in [7, 11) is 4.66. The van der Waals surface area contributed by atoms with Gasteiger partial charge in [0.25, 0.3) is 0 Å². The van der Waals surface area contributed by atoms with Crippen molar-refractivity contribution in [3.8, 4) is 0 Å². The Morgan fingerprint density at radius 2 is 0.645 bits per heavy atom. The van der Waals surface area contributed by atoms with Crippen LogP contribution in [0.1, 0.15) is 269 Å². The molecule has 0 heterocycles. The van der Waals surface area contributed by atoms with Crippen LogP contribution < -0.4 is 47.9 Å². The molecule has 0 radical (unpaired) electrons. The first kappa shape index (κ1) is 112. The maximum atomic E-state index is 12.8. The lowest BCUT2D eigenvalue weighted by atomic mass is 9.61. The first-order valence-electron chi connectivity index (χ1n) is 41.8. The zero-order chi connectivity index (χ0) is 90.6. The fourth-order valence-corrected chi connectivity index (χ4v) is 19.3. The molecule has 5 rings (SSSR count). The van der Waals surface area contributed by atoms with E-state index in [4.69, 9.17) is 52.1 Å². The van der Waals surface area contributed by atoms with Gasteiger partial charge in [0.2, 0.25) is 0 Å². The maximum Gasteiger partial charge on any atom is 0.407 e. The standard InChI is InChI=1S/C35H59N3O10.C34H58N4O10.C14H28N2O2.C3H6O2.2CH4/c1-11-27(39)45-18-23(2)47-28(40)12-13-34(8)16-25(14-32(4,5)20-34)37-30(42)46-19-24(3)48-31(43)38-26-15-33(6,7)21-35(9,17-26)22-36-29(41)44-10;1-10-26(39)47-18-23(3)48-28(41)36-22-34(9)17-25(15-32(6,7)20-34)38-30(43)46-13-12-45-27(40)35-21-33(8)16-24(14-31(4,5)19-33)37-29(42)44-11-2;1-6-18-12(17)16-11-7-13(2,3)9-14(4,8-11)10-15-5;1-3(4)5-2;;/h11,23-26H,1,12-22H2,2-10H3,(H,36,41)(H,37,42)(H,38,43);10,23-25H,1,11-22H2,2-9H3,(H,35,40)(H,36,41)(H,37,42)(H,38,43);11,15H,6-10H2,1-5H3,(H,16,17);1-2H3;2*1H4. The largest absolute Gasteiger partial charge is 0.469 e. The van der Waals surface area contributed by atoms with Crippen LogP contribution >= 0.6 is 0 Å². The Hall–Kier alpha value is -8.52. The molecule has 0 saturated heterocycles. The first-order valence-corrected chi connectivity index (χ1v) is 41.8. The maximum absolute atomic E-state index is 12.8. The van der Waals surface area contributed by atoms with Crippen molar-refractivity contribution >= 4 is 72.6 Å². The number of hydrogen-bond acceptors (Lipinski definition) is 25. The number of hydrogen-bond donors (Lipinski definition) is 9. The van der Waals surface area contributed by atoms with Gasteiger partial charge in [-0.25, -0.2) is 47.9 Å². The summed E-state index contributed by atoms with van der Waals surface area (Å²) in [5, 5.41) is 26.5. The van der Waals surface area contributed by atoms with Crippen molar-refractivity contribution in [2.75, 3.05) is 93.7 Å². The van der Waals surface area contributed by atoms with Gasteiger partial charge in [-0.3, -0.25) is 9.59 Å². The van der Waals surface area contributed by atoms with Crippen molar-refractivity contribution in [3.63, 3.8) is 0 Å². The van der Waals surface area contributed by atoms with Gasteiger partial charge >= 0.3 is 72.6 Å². The number of carbonyl (C=O) groups is 12. The molecule has 0 aromatic heterocycles. The van der Waals surface area contributed by atoms with E-state index in [2.05, 4.69) is 163 Å². The van der Waals surface area contributed by atoms with Gasteiger partial charge in [0, 0.05) is 81.9 Å². The molecule has 13 unspecified atom stereocenters. The second kappa shape index (κ2) is 51.5. The van der Waals surface area contributed by atoms with Gasteiger partial charge in [0.1, 0.15) is 51.3 Å². The summed E-state index contributed by atoms with van der Waals surface area (Å²) in [4.78, 5) is 143. The highest BCUT2D eigenvalue weighted by Crippen LogP contribution is 2.51. The van der Waals surface area contributed by atoms with Crippen LogP contribution in [0.15, 0.2) is 25.3 Å². The van der Waals surface area contributed by atoms with E-state index in [0.717, 1.165) is 82.9 Å². The Labute approximate surface area is 722 Å². The van der Waals surface area contributed by atoms with Crippen LogP contribution in [0.5, 0.6) is 0 Å². The molecular formula is C88H159N9O24. The predicted octanol–water partition coefficient (Wildman–Crippen LogP) is 15.0. The Morgan fingerprint density at radius 1 is 0.364 bits per heavy atom. The number of carbonyl (C=O) groups excluding carboxylic acids is 12. The van der Waals surface area contributed by atoms with E-state index < -0.39 is 72.9 Å². The molecule has 0 spiro atoms. The second-order valence-corrected chi connectivity index (χ2v) is 39.0. The summed E-state index contributed by atoms with van der Waals surface area (Å²) in [5.74, 6) is -1.79. The molecule has 13 atom stereocenters. The lowest BCUT2D eigenvalue weighted by Crippen LogP contribution is -2.51. The van der Waals surface area contributed by atoms with Crippen LogP contribution in [0.4, 0.5) is 38.4 Å². The quantitative estimate of drug-likeness (QED) is 0.0131. The number of methoxy groups -OCH3 is 2. The molecule has 5 saturated carbocycles. The SMILES string of the molecule is C.C.C=CC(=O)OCC(C)OC(=O)CCC1(C)CC(NC(=O)OCC(C)OC(=O)NC2CC(C)(C)CC(C)(CNC(=O)OC)C2)CC(C)(C)C1.C=CC(=O)OCC(C)OC(=O)NCC1(C)CC(NC(=O)OCCOC(=O)NCC2(C)CC(NC(=O)OCC)CC(C)(C)C2)CC(C)(C)C1.CCOC(=O)NC1CC(C)(C)CC(C)(CNC)C1.COC(C)=O. The third kappa shape index (κ3) is 47.6. The third-order valence-corrected chi connectivity index (χ3v) is 21.6. The Morgan fingerprint density at radius 3 is 0.983 bits per heavy atom. The summed E-state index contributed by atoms with van der Waals surface area (Å²) >= 11 is 0. The van der Waals surface area contributed by atoms with Gasteiger partial charge < -0.3 is 105 Å². The fourth-order valence-electron chi connectivity index (χ4n) is 19.3. The Balaban J connectivity index is 0.00000186. The van der Waals surface area contributed by atoms with Crippen LogP contribution in [0.25, 0.3) is 0 Å². The number of amides is 8. The minimum Gasteiger partial charge on any atom is -0.469 e. The van der Waals surface area contributed by atoms with Crippen LogP contribution in [-0.4, -0.2) is 215 Å². The van der Waals surface area contributed by atoms with E-state index in [1.807, 2.05) is 20.9 Å². The van der Waals surface area contributed by atoms with Crippen LogP contribution in [0, 0.1) is 54.1 Å². The van der Waals surface area contributed by atoms with E-state index in [9.17, 15) is 57.5 Å². The number of rotatable bonds is 32. The van der Waals surface area contributed by atoms with Gasteiger partial charge in [-0.05, 0) is 199 Å². The predicted molar refractivity (Wildman–Crippen MR) is 462 cm³/mol. The molecule has 33 heteroatoms. The lowest BCUT2D eigenvalue weighted by Gasteiger charge is -2.47. The lowest BCUT2D eigenvalue weighted by molar-refractivity contribution is -0.156. The smallest absolute Gasteiger partial charge is 0.407 e. The minimum atomic E-state index is -0.679. The molecule has 9 N–H and O–H groups in total. The van der Waals surface area contributed by atoms with Crippen molar-refractivity contribution in [2.24, 2.45) is 54.1 Å². The Kier molecular flexibility index (Phi) is 47.9. The molecule has 33 nitrogen and oxygen atoms in total. The molecular weight excluding hydrogens is 1570 g/mol. The molecule has 0 aromatic carbocycles. The Bertz CT molecular complexity index is 3320. The van der Waals surface area contributed by atoms with Crippen LogP contribution in [0.3, 0.4) is 0 Å². The van der Waals surface area contributed by atoms with E-state index in [1.165, 1.54) is 27.6 Å². The van der Waals surface area contributed by atoms with Crippen LogP contribution in [0.2, 0.25) is 0 Å². The summed E-state index contributed by atoms with van der Waals surface area (Å²) in [6.45, 7) is 51.1. The van der Waals surface area contributed by atoms with Crippen molar-refractivity contribution in [2.45, 2.75) is 318 Å². The fraction of sp³-hybridized carbons (Fsp3) is 0.818. The molecule has 5 aliphatic carbocycles. The van der Waals surface area contributed by atoms with Crippen molar-refractivity contribution in [1.82, 2.24) is 47.9 Å². The van der Waals surface area contributed by atoms with Gasteiger partial charge in [0.15, 0.2) is 0 Å². The molecule has 5 fully saturated rings. The summed E-state index contributed by atoms with van der Waals surface area (Å²) in [6.07, 6.45) is 8.98. The van der Waals surface area contributed by atoms with Crippen LogP contribution in [-0.2, 0) is 76.0 Å². The number of esters is 4. The zero-order valence-corrected chi connectivity index (χ0v) is 76.3. The highest BCUT2D eigenvalue weighted by molar-refractivity contribution is 5.81. The van der Waals surface area contributed by atoms with E-state index in [1.54, 1.807) is 27.7 Å². The monoisotopic (exact) mass is 1730 g/mol. The molecule has 8 amide bonds. The average Bonchev–Trinajstić information content (AvgIpc) is 0.825. The molecule has 5 aliphatic rings. The summed E-state index contributed by atoms with van der Waals surface area (Å²) in [5.41, 5.74) is -0.894. The molecule has 0 aromatic rings. The normalized spacial score (nSPS) is 26.1. The minimum absolute atomic E-state index is 0. The first-order chi connectivity index (χ1) is 55.0. The average molecular weight is 1730 g/mol. The van der Waals surface area contributed by atoms with Gasteiger partial charge in [-0.2, -0.15) is 0 Å². The number of nitrogens with one attached hydrogen (secondary N) is 9. The van der Waals surface area contributed by atoms with Crippen molar-refractivity contribution < 1.29 is 114 Å². The second-order valence-electron chi connectivity index (χ2n) is 39.0. The molecule has 121 heavy (non-hydrogen) atoms. The summed E-state index contributed by atoms with van der Waals surface area (Å²) < 4.78 is 60.8. The highest BCUT2D eigenvalue weighted by atomic mass is 16.6. The molecule has 700 valence electrons. The van der Waals surface area contributed by atoms with E-state index in [0.29, 0.717) is 65.0 Å². The van der Waals surface area contributed by atoms with Crippen molar-refractivity contribution in [1.29, 1.82) is 0 Å². The topological polar surface area (TPSA) is 424 Å².